The van der Waals surface area contributed by atoms with E-state index >= 15 is 0 Å². The third-order valence-corrected chi connectivity index (χ3v) is 4.77. The van der Waals surface area contributed by atoms with Crippen LogP contribution in [-0.4, -0.2) is 56.6 Å². The molecule has 1 fully saturated rings. The fraction of sp³-hybridized carbons (Fsp3) is 0.667. The molecule has 1 heterocycles. The molecule has 158 valence electrons. The molecule has 1 N–H and O–H groups in total. The first-order chi connectivity index (χ1) is 13.4. The van der Waals surface area contributed by atoms with Crippen molar-refractivity contribution in [1.82, 2.24) is 5.32 Å². The van der Waals surface area contributed by atoms with Crippen LogP contribution in [0.4, 0.5) is 4.79 Å². The number of ether oxygens (including phenoxy) is 5. The molecule has 7 nitrogen and oxygen atoms in total. The lowest BCUT2D eigenvalue weighted by atomic mass is 9.98. The molecular formula is C21H33NO6. The SMILES string of the molecule is CCC(C)(OCc1ccccc1)C1OC1OCC(COC(C)C)NC(=O)OC. The van der Waals surface area contributed by atoms with Crippen LogP contribution in [0.1, 0.15) is 39.7 Å². The van der Waals surface area contributed by atoms with E-state index in [-0.39, 0.29) is 31.1 Å². The fourth-order valence-electron chi connectivity index (χ4n) is 2.74. The first-order valence-electron chi connectivity index (χ1n) is 9.79. The van der Waals surface area contributed by atoms with Crippen LogP contribution in [0.25, 0.3) is 0 Å². The summed E-state index contributed by atoms with van der Waals surface area (Å²) in [6, 6.07) is 9.73. The number of amides is 1. The zero-order chi connectivity index (χ0) is 20.6. The Hall–Kier alpha value is -1.67. The Morgan fingerprint density at radius 3 is 2.57 bits per heavy atom. The Bertz CT molecular complexity index is 596. The van der Waals surface area contributed by atoms with Crippen LogP contribution in [0, 0.1) is 0 Å². The van der Waals surface area contributed by atoms with Gasteiger partial charge in [0, 0.05) is 0 Å². The van der Waals surface area contributed by atoms with Crippen LogP contribution >= 0.6 is 0 Å². The van der Waals surface area contributed by atoms with Crippen LogP contribution in [0.15, 0.2) is 30.3 Å². The quantitative estimate of drug-likeness (QED) is 0.547. The van der Waals surface area contributed by atoms with E-state index in [1.807, 2.05) is 51.1 Å². The zero-order valence-corrected chi connectivity index (χ0v) is 17.5. The van der Waals surface area contributed by atoms with Gasteiger partial charge in [0.2, 0.25) is 0 Å². The van der Waals surface area contributed by atoms with Gasteiger partial charge in [0.1, 0.15) is 6.10 Å². The minimum absolute atomic E-state index is 0.0571. The van der Waals surface area contributed by atoms with Crippen molar-refractivity contribution in [1.29, 1.82) is 0 Å². The van der Waals surface area contributed by atoms with Gasteiger partial charge in [-0.25, -0.2) is 4.79 Å². The van der Waals surface area contributed by atoms with Crippen molar-refractivity contribution < 1.29 is 28.5 Å². The van der Waals surface area contributed by atoms with E-state index in [2.05, 4.69) is 17.0 Å². The third kappa shape index (κ3) is 7.05. The van der Waals surface area contributed by atoms with Crippen LogP contribution in [0.3, 0.4) is 0 Å². The van der Waals surface area contributed by atoms with Gasteiger partial charge in [-0.05, 0) is 32.8 Å². The largest absolute Gasteiger partial charge is 0.453 e. The van der Waals surface area contributed by atoms with Crippen molar-refractivity contribution in [2.45, 2.75) is 70.9 Å². The van der Waals surface area contributed by atoms with E-state index in [1.54, 1.807) is 0 Å². The van der Waals surface area contributed by atoms with E-state index < -0.39 is 11.7 Å². The molecule has 0 aliphatic carbocycles. The molecule has 0 bridgehead atoms. The second-order valence-corrected chi connectivity index (χ2v) is 7.41. The van der Waals surface area contributed by atoms with Crippen molar-refractivity contribution in [3.05, 3.63) is 35.9 Å². The van der Waals surface area contributed by atoms with Gasteiger partial charge in [0.05, 0.1) is 44.7 Å². The second kappa shape index (κ2) is 10.8. The Labute approximate surface area is 167 Å². The van der Waals surface area contributed by atoms with Gasteiger partial charge in [0.25, 0.3) is 0 Å². The van der Waals surface area contributed by atoms with Crippen molar-refractivity contribution >= 4 is 6.09 Å². The van der Waals surface area contributed by atoms with Crippen LogP contribution in [0.2, 0.25) is 0 Å². The van der Waals surface area contributed by atoms with E-state index in [0.29, 0.717) is 13.2 Å². The van der Waals surface area contributed by atoms with E-state index in [1.165, 1.54) is 7.11 Å². The van der Waals surface area contributed by atoms with Gasteiger partial charge in [-0.1, -0.05) is 37.3 Å². The van der Waals surface area contributed by atoms with Crippen LogP contribution < -0.4 is 5.32 Å². The van der Waals surface area contributed by atoms with Crippen LogP contribution in [-0.2, 0) is 30.3 Å². The topological polar surface area (TPSA) is 78.5 Å². The predicted octanol–water partition coefficient (Wildman–Crippen LogP) is 3.26. The molecule has 28 heavy (non-hydrogen) atoms. The molecule has 2 rings (SSSR count). The lowest BCUT2D eigenvalue weighted by Gasteiger charge is -2.27. The number of nitrogens with one attached hydrogen (secondary N) is 1. The lowest BCUT2D eigenvalue weighted by molar-refractivity contribution is -0.0649. The maximum Gasteiger partial charge on any atom is 0.407 e. The van der Waals surface area contributed by atoms with Crippen LogP contribution in [0.5, 0.6) is 0 Å². The van der Waals surface area contributed by atoms with E-state index in [0.717, 1.165) is 12.0 Å². The molecule has 1 aliphatic rings. The van der Waals surface area contributed by atoms with Crippen molar-refractivity contribution in [3.63, 3.8) is 0 Å². The number of rotatable bonds is 12. The van der Waals surface area contributed by atoms with Gasteiger partial charge in [-0.3, -0.25) is 0 Å². The maximum absolute atomic E-state index is 11.5. The Morgan fingerprint density at radius 1 is 1.25 bits per heavy atom. The summed E-state index contributed by atoms with van der Waals surface area (Å²) in [5, 5.41) is 2.72. The second-order valence-electron chi connectivity index (χ2n) is 7.41. The molecule has 4 atom stereocenters. The molecular weight excluding hydrogens is 362 g/mol. The Kier molecular flexibility index (Phi) is 8.69. The third-order valence-electron chi connectivity index (χ3n) is 4.77. The summed E-state index contributed by atoms with van der Waals surface area (Å²) in [6.45, 7) is 9.10. The van der Waals surface area contributed by atoms with Crippen molar-refractivity contribution in [2.24, 2.45) is 0 Å². The van der Waals surface area contributed by atoms with E-state index in [4.69, 9.17) is 18.9 Å². The summed E-state index contributed by atoms with van der Waals surface area (Å²) >= 11 is 0. The highest BCUT2D eigenvalue weighted by atomic mass is 16.8. The minimum Gasteiger partial charge on any atom is -0.453 e. The average molecular weight is 395 g/mol. The van der Waals surface area contributed by atoms with Gasteiger partial charge in [0.15, 0.2) is 6.29 Å². The first kappa shape index (κ1) is 22.6. The summed E-state index contributed by atoms with van der Waals surface area (Å²) in [5.74, 6) is 0. The molecule has 0 saturated carbocycles. The number of methoxy groups -OCH3 is 1. The van der Waals surface area contributed by atoms with Crippen molar-refractivity contribution in [2.75, 3.05) is 20.3 Å². The molecule has 0 spiro atoms. The predicted molar refractivity (Wildman–Crippen MR) is 105 cm³/mol. The number of carbonyl (C=O) groups is 1. The summed E-state index contributed by atoms with van der Waals surface area (Å²) in [7, 11) is 1.33. The number of hydrogen-bond donors (Lipinski definition) is 1. The summed E-state index contributed by atoms with van der Waals surface area (Å²) in [5.41, 5.74) is 0.675. The molecule has 0 radical (unpaired) electrons. The first-order valence-corrected chi connectivity index (χ1v) is 9.79. The molecule has 1 aliphatic heterocycles. The molecule has 1 saturated heterocycles. The number of hydrogen-bond acceptors (Lipinski definition) is 6. The lowest BCUT2D eigenvalue weighted by Crippen LogP contribution is -2.43. The fourth-order valence-corrected chi connectivity index (χ4v) is 2.74. The van der Waals surface area contributed by atoms with Gasteiger partial charge in [-0.15, -0.1) is 0 Å². The number of alkyl carbamates (subject to hydrolysis) is 1. The Morgan fingerprint density at radius 2 is 1.96 bits per heavy atom. The number of benzene rings is 1. The normalized spacial score (nSPS) is 21.8. The van der Waals surface area contributed by atoms with Gasteiger partial charge >= 0.3 is 6.09 Å². The smallest absolute Gasteiger partial charge is 0.407 e. The van der Waals surface area contributed by atoms with E-state index in [9.17, 15) is 4.79 Å². The molecule has 1 aromatic carbocycles. The molecule has 4 unspecified atom stereocenters. The number of epoxide rings is 1. The zero-order valence-electron chi connectivity index (χ0n) is 17.5. The molecule has 7 heteroatoms. The summed E-state index contributed by atoms with van der Waals surface area (Å²) in [4.78, 5) is 11.5. The standard InChI is InChI=1S/C21H33NO6/c1-6-21(4,27-12-16-10-8-7-9-11-16)18-19(28-18)26-14-17(13-25-15(2)3)22-20(23)24-5/h7-11,15,17-19H,6,12-14H2,1-5H3,(H,22,23). The highest BCUT2D eigenvalue weighted by Crippen LogP contribution is 2.38. The molecule has 0 aromatic heterocycles. The number of carbonyl (C=O) groups excluding carboxylic acids is 1. The highest BCUT2D eigenvalue weighted by molar-refractivity contribution is 5.67. The highest BCUT2D eigenvalue weighted by Gasteiger charge is 2.53. The Balaban J connectivity index is 1.82. The summed E-state index contributed by atoms with van der Waals surface area (Å²) in [6.07, 6.45) is -0.168. The van der Waals surface area contributed by atoms with Crippen molar-refractivity contribution in [3.8, 4) is 0 Å². The van der Waals surface area contributed by atoms with Gasteiger partial charge in [-0.2, -0.15) is 0 Å². The van der Waals surface area contributed by atoms with Gasteiger partial charge < -0.3 is 29.0 Å². The molecule has 1 amide bonds. The summed E-state index contributed by atoms with van der Waals surface area (Å²) < 4.78 is 28.0. The monoisotopic (exact) mass is 395 g/mol. The molecule has 1 aromatic rings. The maximum atomic E-state index is 11.5. The average Bonchev–Trinajstić information content (AvgIpc) is 3.49. The minimum atomic E-state index is -0.515.